The minimum absolute atomic E-state index is 0.00300. The summed E-state index contributed by atoms with van der Waals surface area (Å²) < 4.78 is 11.8. The molecule has 0 radical (unpaired) electrons. The third kappa shape index (κ3) is 4.74. The first-order valence-electron chi connectivity index (χ1n) is 10.4. The maximum atomic E-state index is 12.0. The number of guanidine groups is 1. The molecule has 4 atom stereocenters. The smallest absolute Gasteiger partial charge is 0.243 e. The van der Waals surface area contributed by atoms with Gasteiger partial charge in [0, 0.05) is 51.2 Å². The van der Waals surface area contributed by atoms with E-state index in [2.05, 4.69) is 29.5 Å². The number of hydrogen-bond acceptors (Lipinski definition) is 4. The van der Waals surface area contributed by atoms with Crippen molar-refractivity contribution in [3.05, 3.63) is 0 Å². The van der Waals surface area contributed by atoms with E-state index in [0.717, 1.165) is 39.0 Å². The van der Waals surface area contributed by atoms with Gasteiger partial charge >= 0.3 is 0 Å². The largest absolute Gasteiger partial charge is 0.377 e. The molecule has 1 amide bonds. The molecule has 2 aliphatic heterocycles. The Morgan fingerprint density at radius 1 is 1.15 bits per heavy atom. The van der Waals surface area contributed by atoms with E-state index in [1.165, 1.54) is 12.8 Å². The summed E-state index contributed by atoms with van der Waals surface area (Å²) in [6, 6.07) is 0.302. The Kier molecular flexibility index (Phi) is 6.63. The lowest BCUT2D eigenvalue weighted by Gasteiger charge is -2.60. The van der Waals surface area contributed by atoms with Crippen LogP contribution in [0.25, 0.3) is 0 Å². The molecule has 3 aliphatic rings. The van der Waals surface area contributed by atoms with E-state index >= 15 is 0 Å². The van der Waals surface area contributed by atoms with Crippen molar-refractivity contribution in [2.45, 2.75) is 64.2 Å². The predicted octanol–water partition coefficient (Wildman–Crippen LogP) is 1.38. The maximum absolute atomic E-state index is 12.0. The highest BCUT2D eigenvalue weighted by atomic mass is 16.5. The van der Waals surface area contributed by atoms with Crippen LogP contribution < -0.4 is 10.6 Å². The van der Waals surface area contributed by atoms with E-state index in [-0.39, 0.29) is 24.0 Å². The summed E-state index contributed by atoms with van der Waals surface area (Å²) >= 11 is 0. The van der Waals surface area contributed by atoms with E-state index in [0.29, 0.717) is 24.0 Å². The average Bonchev–Trinajstić information content (AvgIpc) is 2.67. The minimum Gasteiger partial charge on any atom is -0.377 e. The van der Waals surface area contributed by atoms with E-state index < -0.39 is 0 Å². The van der Waals surface area contributed by atoms with Crippen LogP contribution in [0, 0.1) is 11.3 Å². The molecule has 0 aromatic carbocycles. The van der Waals surface area contributed by atoms with Gasteiger partial charge in [-0.05, 0) is 32.1 Å². The Hall–Kier alpha value is -1.34. The number of amides is 1. The Bertz CT molecular complexity index is 543. The number of hydrogen-bond donors (Lipinski definition) is 2. The lowest BCUT2D eigenvalue weighted by atomic mass is 9.55. The fourth-order valence-corrected chi connectivity index (χ4v) is 4.58. The van der Waals surface area contributed by atoms with Gasteiger partial charge in [0.25, 0.3) is 0 Å². The van der Waals surface area contributed by atoms with Crippen LogP contribution in [-0.2, 0) is 14.3 Å². The highest BCUT2D eigenvalue weighted by molar-refractivity contribution is 5.85. The molecule has 4 unspecified atom stereocenters. The van der Waals surface area contributed by atoms with Gasteiger partial charge in [-0.25, -0.2) is 4.99 Å². The molecular weight excluding hydrogens is 344 g/mol. The maximum Gasteiger partial charge on any atom is 0.243 e. The second kappa shape index (κ2) is 8.78. The van der Waals surface area contributed by atoms with Crippen LogP contribution in [0.4, 0.5) is 0 Å². The summed E-state index contributed by atoms with van der Waals surface area (Å²) in [4.78, 5) is 18.1. The van der Waals surface area contributed by atoms with Crippen LogP contribution in [0.5, 0.6) is 0 Å². The second-order valence-electron chi connectivity index (χ2n) is 8.86. The van der Waals surface area contributed by atoms with Crippen molar-refractivity contribution in [2.75, 3.05) is 40.4 Å². The number of fused-ring (bicyclic) bond motifs is 1. The van der Waals surface area contributed by atoms with Crippen molar-refractivity contribution in [1.82, 2.24) is 15.5 Å². The molecule has 3 fully saturated rings. The summed E-state index contributed by atoms with van der Waals surface area (Å²) in [5.41, 5.74) is 0.0560. The van der Waals surface area contributed by atoms with Crippen molar-refractivity contribution >= 4 is 11.9 Å². The van der Waals surface area contributed by atoms with Crippen LogP contribution in [0.15, 0.2) is 4.99 Å². The number of carbonyl (C=O) groups is 1. The molecule has 27 heavy (non-hydrogen) atoms. The zero-order valence-corrected chi connectivity index (χ0v) is 17.3. The Morgan fingerprint density at radius 2 is 1.93 bits per heavy atom. The van der Waals surface area contributed by atoms with Gasteiger partial charge in [0.15, 0.2) is 5.96 Å². The number of rotatable bonds is 5. The number of ether oxygens (including phenoxy) is 2. The van der Waals surface area contributed by atoms with Gasteiger partial charge in [0.2, 0.25) is 5.91 Å². The molecule has 2 saturated heterocycles. The number of nitrogens with zero attached hydrogens (tertiary/aromatic N) is 2. The van der Waals surface area contributed by atoms with Gasteiger partial charge in [-0.2, -0.15) is 0 Å². The van der Waals surface area contributed by atoms with Crippen LogP contribution >= 0.6 is 0 Å². The molecule has 2 N–H and O–H groups in total. The van der Waals surface area contributed by atoms with E-state index in [1.54, 1.807) is 19.0 Å². The number of nitrogens with one attached hydrogen (secondary N) is 2. The lowest BCUT2D eigenvalue weighted by Crippen LogP contribution is -2.71. The molecule has 154 valence electrons. The highest BCUT2D eigenvalue weighted by Gasteiger charge is 2.58. The molecule has 2 heterocycles. The van der Waals surface area contributed by atoms with Gasteiger partial charge in [-0.1, -0.05) is 13.8 Å². The predicted molar refractivity (Wildman–Crippen MR) is 106 cm³/mol. The summed E-state index contributed by atoms with van der Waals surface area (Å²) in [5.74, 6) is 1.22. The van der Waals surface area contributed by atoms with Gasteiger partial charge in [-0.15, -0.1) is 0 Å². The summed E-state index contributed by atoms with van der Waals surface area (Å²) in [7, 11) is 3.51. The molecule has 0 spiro atoms. The number of aliphatic imine (C=N–C) groups is 1. The topological polar surface area (TPSA) is 75.2 Å². The van der Waals surface area contributed by atoms with Crippen molar-refractivity contribution in [1.29, 1.82) is 0 Å². The molecule has 0 aromatic heterocycles. The van der Waals surface area contributed by atoms with Crippen molar-refractivity contribution in [3.63, 3.8) is 0 Å². The first-order chi connectivity index (χ1) is 12.9. The minimum atomic E-state index is -0.00300. The number of carbonyl (C=O) groups excluding carboxylic acids is 1. The molecule has 1 saturated carbocycles. The monoisotopic (exact) mass is 380 g/mol. The van der Waals surface area contributed by atoms with Gasteiger partial charge in [-0.3, -0.25) is 4.79 Å². The average molecular weight is 381 g/mol. The van der Waals surface area contributed by atoms with E-state index in [1.807, 2.05) is 0 Å². The fourth-order valence-electron chi connectivity index (χ4n) is 4.58. The van der Waals surface area contributed by atoms with Crippen molar-refractivity contribution in [3.8, 4) is 0 Å². The van der Waals surface area contributed by atoms with Crippen LogP contribution in [-0.4, -0.2) is 75.4 Å². The second-order valence-corrected chi connectivity index (χ2v) is 8.86. The summed E-state index contributed by atoms with van der Waals surface area (Å²) in [6.45, 7) is 7.08. The molecule has 3 rings (SSSR count). The Balaban J connectivity index is 1.63. The molecule has 7 nitrogen and oxygen atoms in total. The standard InChI is InChI=1S/C20H36N4O3/c1-20(2)17(15-9-7-11-27-18(15)20)23-19(22-13-16(25)24(3)4)21-12-14-8-5-6-10-26-14/h14-15,17-18H,5-13H2,1-4H3,(H2,21,22,23). The Morgan fingerprint density at radius 3 is 2.63 bits per heavy atom. The SMILES string of the molecule is CN(C)C(=O)CN=C(NCC1CCCCO1)NC1C2CCCOC2C1(C)C. The third-order valence-electron chi connectivity index (χ3n) is 6.27. The molecule has 0 bridgehead atoms. The Labute approximate surface area is 163 Å². The molecule has 7 heteroatoms. The van der Waals surface area contributed by atoms with Gasteiger partial charge < -0.3 is 25.0 Å². The number of likely N-dealkylation sites (N-methyl/N-ethyl adjacent to an activating group) is 1. The van der Waals surface area contributed by atoms with Gasteiger partial charge in [0.05, 0.1) is 12.2 Å². The fraction of sp³-hybridized carbons (Fsp3) is 0.900. The normalized spacial score (nSPS) is 32.8. The van der Waals surface area contributed by atoms with Crippen LogP contribution in [0.2, 0.25) is 0 Å². The van der Waals surface area contributed by atoms with E-state index in [4.69, 9.17) is 9.47 Å². The molecular formula is C20H36N4O3. The van der Waals surface area contributed by atoms with E-state index in [9.17, 15) is 4.79 Å². The highest BCUT2D eigenvalue weighted by Crippen LogP contribution is 2.51. The zero-order chi connectivity index (χ0) is 19.4. The zero-order valence-electron chi connectivity index (χ0n) is 17.3. The first-order valence-corrected chi connectivity index (χ1v) is 10.4. The van der Waals surface area contributed by atoms with Crippen molar-refractivity contribution in [2.24, 2.45) is 16.3 Å². The third-order valence-corrected chi connectivity index (χ3v) is 6.27. The molecule has 1 aliphatic carbocycles. The molecule has 0 aromatic rings. The van der Waals surface area contributed by atoms with Gasteiger partial charge in [0.1, 0.15) is 6.54 Å². The summed E-state index contributed by atoms with van der Waals surface area (Å²) in [5, 5.41) is 7.03. The lowest BCUT2D eigenvalue weighted by molar-refractivity contribution is -0.188. The summed E-state index contributed by atoms with van der Waals surface area (Å²) in [6.07, 6.45) is 6.26. The van der Waals surface area contributed by atoms with Crippen LogP contribution in [0.1, 0.15) is 46.0 Å². The van der Waals surface area contributed by atoms with Crippen LogP contribution in [0.3, 0.4) is 0 Å². The quantitative estimate of drug-likeness (QED) is 0.557. The van der Waals surface area contributed by atoms with Crippen molar-refractivity contribution < 1.29 is 14.3 Å². The first kappa shape index (κ1) is 20.4.